The van der Waals surface area contributed by atoms with Gasteiger partial charge >= 0.3 is 0 Å². The number of fused-ring (bicyclic) bond motifs is 1. The molecule has 0 radical (unpaired) electrons. The third-order valence-corrected chi connectivity index (χ3v) is 6.15. The van der Waals surface area contributed by atoms with E-state index in [0.29, 0.717) is 36.8 Å². The Morgan fingerprint density at radius 2 is 1.78 bits per heavy atom. The molecule has 4 aromatic rings. The largest absolute Gasteiger partial charge is 0.493 e. The van der Waals surface area contributed by atoms with Crippen LogP contribution in [0.25, 0.3) is 11.0 Å². The Hall–Kier alpha value is -4.26. The van der Waals surface area contributed by atoms with Crippen molar-refractivity contribution in [3.05, 3.63) is 96.3 Å². The van der Waals surface area contributed by atoms with E-state index in [1.807, 2.05) is 42.5 Å². The lowest BCUT2D eigenvalue weighted by atomic mass is 10.1. The van der Waals surface area contributed by atoms with Gasteiger partial charge < -0.3 is 24.1 Å². The van der Waals surface area contributed by atoms with Gasteiger partial charge in [-0.3, -0.25) is 4.79 Å². The first kappa shape index (κ1) is 25.8. The minimum atomic E-state index is -0.152. The fraction of sp³-hybridized carbons (Fsp3) is 0.267. The maximum Gasteiger partial charge on any atom is 0.251 e. The van der Waals surface area contributed by atoms with Crippen LogP contribution in [0.15, 0.2) is 79.4 Å². The molecule has 192 valence electrons. The monoisotopic (exact) mass is 499 g/mol. The van der Waals surface area contributed by atoms with Gasteiger partial charge in [-0.15, -0.1) is 6.58 Å². The average molecular weight is 500 g/mol. The van der Waals surface area contributed by atoms with Gasteiger partial charge in [0, 0.05) is 18.5 Å². The Morgan fingerprint density at radius 3 is 2.59 bits per heavy atom. The van der Waals surface area contributed by atoms with Gasteiger partial charge in [-0.2, -0.15) is 0 Å². The quantitative estimate of drug-likeness (QED) is 0.202. The molecule has 0 aliphatic rings. The van der Waals surface area contributed by atoms with Gasteiger partial charge in [0.25, 0.3) is 5.91 Å². The molecule has 0 unspecified atom stereocenters. The van der Waals surface area contributed by atoms with Gasteiger partial charge in [0.15, 0.2) is 11.5 Å². The summed E-state index contributed by atoms with van der Waals surface area (Å²) in [5.41, 5.74) is 3.69. The van der Waals surface area contributed by atoms with Crippen molar-refractivity contribution in [2.45, 2.75) is 25.8 Å². The highest BCUT2D eigenvalue weighted by atomic mass is 16.5. The summed E-state index contributed by atoms with van der Waals surface area (Å²) in [7, 11) is 3.12. The van der Waals surface area contributed by atoms with Crippen molar-refractivity contribution in [1.82, 2.24) is 14.9 Å². The van der Waals surface area contributed by atoms with Gasteiger partial charge in [0.1, 0.15) is 18.2 Å². The number of hydrogen-bond acceptors (Lipinski definition) is 5. The molecule has 0 spiro atoms. The molecule has 1 heterocycles. The number of hydrogen-bond donors (Lipinski definition) is 1. The third-order valence-electron chi connectivity index (χ3n) is 6.15. The van der Waals surface area contributed by atoms with Gasteiger partial charge in [0.2, 0.25) is 0 Å². The first-order valence-corrected chi connectivity index (χ1v) is 12.4. The van der Waals surface area contributed by atoms with Crippen molar-refractivity contribution in [2.24, 2.45) is 0 Å². The first-order chi connectivity index (χ1) is 18.1. The third kappa shape index (κ3) is 6.30. The van der Waals surface area contributed by atoms with Crippen molar-refractivity contribution < 1.29 is 19.0 Å². The van der Waals surface area contributed by atoms with E-state index in [1.54, 1.807) is 32.4 Å². The fourth-order valence-corrected chi connectivity index (χ4v) is 4.31. The second-order valence-electron chi connectivity index (χ2n) is 8.55. The summed E-state index contributed by atoms with van der Waals surface area (Å²) in [6.45, 7) is 5.57. The summed E-state index contributed by atoms with van der Waals surface area (Å²) in [4.78, 5) is 17.5. The molecule has 7 nitrogen and oxygen atoms in total. The number of rotatable bonds is 13. The standard InChI is InChI=1S/C30H33N3O4/c1-4-10-22-11-5-8-14-26(22)37-20-19-33-25-13-7-6-12-24(25)32-29(33)15-9-18-31-30(34)23-16-17-27(35-2)28(21-23)36-3/h4-8,11-14,16-17,21H,1,9-10,15,18-20H2,2-3H3,(H,31,34). The summed E-state index contributed by atoms with van der Waals surface area (Å²) in [5.74, 6) is 2.82. The number of nitrogens with zero attached hydrogens (tertiary/aromatic N) is 2. The smallest absolute Gasteiger partial charge is 0.251 e. The average Bonchev–Trinajstić information content (AvgIpc) is 3.28. The van der Waals surface area contributed by atoms with Crippen LogP contribution in [-0.2, 0) is 19.4 Å². The number of para-hydroxylation sites is 3. The van der Waals surface area contributed by atoms with Crippen LogP contribution in [0.1, 0.15) is 28.2 Å². The first-order valence-electron chi connectivity index (χ1n) is 12.4. The van der Waals surface area contributed by atoms with Gasteiger partial charge in [-0.1, -0.05) is 36.4 Å². The number of benzene rings is 3. The van der Waals surface area contributed by atoms with Crippen LogP contribution >= 0.6 is 0 Å². The summed E-state index contributed by atoms with van der Waals surface area (Å²) in [5, 5.41) is 2.99. The topological polar surface area (TPSA) is 74.6 Å². The zero-order valence-electron chi connectivity index (χ0n) is 21.4. The van der Waals surface area contributed by atoms with Crippen molar-refractivity contribution in [1.29, 1.82) is 0 Å². The van der Waals surface area contributed by atoms with E-state index < -0.39 is 0 Å². The van der Waals surface area contributed by atoms with Crippen LogP contribution < -0.4 is 19.5 Å². The second kappa shape index (κ2) is 12.6. The molecule has 0 aliphatic heterocycles. The van der Waals surface area contributed by atoms with Crippen LogP contribution in [-0.4, -0.2) is 42.8 Å². The summed E-state index contributed by atoms with van der Waals surface area (Å²) >= 11 is 0. The minimum absolute atomic E-state index is 0.152. The van der Waals surface area contributed by atoms with Gasteiger partial charge in [-0.05, 0) is 54.8 Å². The molecule has 1 N–H and O–H groups in total. The Morgan fingerprint density at radius 1 is 1.00 bits per heavy atom. The maximum absolute atomic E-state index is 12.6. The molecule has 4 rings (SSSR count). The molecule has 0 bridgehead atoms. The Balaban J connectivity index is 1.37. The highest BCUT2D eigenvalue weighted by Crippen LogP contribution is 2.27. The summed E-state index contributed by atoms with van der Waals surface area (Å²) in [6, 6.07) is 21.3. The molecule has 1 amide bonds. The predicted molar refractivity (Wildman–Crippen MR) is 146 cm³/mol. The number of aromatic nitrogens is 2. The molecule has 0 saturated heterocycles. The van der Waals surface area contributed by atoms with Crippen LogP contribution in [0, 0.1) is 0 Å². The molecular weight excluding hydrogens is 466 g/mol. The highest BCUT2D eigenvalue weighted by Gasteiger charge is 2.13. The lowest BCUT2D eigenvalue weighted by Crippen LogP contribution is -2.25. The predicted octanol–water partition coefficient (Wildman–Crippen LogP) is 5.22. The van der Waals surface area contributed by atoms with Crippen LogP contribution in [0.4, 0.5) is 0 Å². The number of allylic oxidation sites excluding steroid dienone is 1. The normalized spacial score (nSPS) is 10.8. The van der Waals surface area contributed by atoms with E-state index in [-0.39, 0.29) is 5.91 Å². The maximum atomic E-state index is 12.6. The number of imidazole rings is 1. The number of carbonyl (C=O) groups is 1. The van der Waals surface area contributed by atoms with E-state index in [2.05, 4.69) is 28.6 Å². The SMILES string of the molecule is C=CCc1ccccc1OCCn1c(CCCNC(=O)c2ccc(OC)c(OC)c2)nc2ccccc21. The van der Waals surface area contributed by atoms with E-state index in [9.17, 15) is 4.79 Å². The van der Waals surface area contributed by atoms with E-state index in [0.717, 1.165) is 47.4 Å². The Kier molecular flexibility index (Phi) is 8.81. The fourth-order valence-electron chi connectivity index (χ4n) is 4.31. The second-order valence-corrected chi connectivity index (χ2v) is 8.55. The summed E-state index contributed by atoms with van der Waals surface area (Å²) < 4.78 is 18.9. The molecule has 7 heteroatoms. The summed E-state index contributed by atoms with van der Waals surface area (Å²) in [6.07, 6.45) is 4.14. The van der Waals surface area contributed by atoms with Crippen molar-refractivity contribution in [3.8, 4) is 17.2 Å². The number of methoxy groups -OCH3 is 2. The number of nitrogens with one attached hydrogen (secondary N) is 1. The number of ether oxygens (including phenoxy) is 3. The molecular formula is C30H33N3O4. The molecule has 0 saturated carbocycles. The lowest BCUT2D eigenvalue weighted by Gasteiger charge is -2.13. The van der Waals surface area contributed by atoms with Crippen molar-refractivity contribution >= 4 is 16.9 Å². The Labute approximate surface area is 217 Å². The van der Waals surface area contributed by atoms with Gasteiger partial charge in [-0.25, -0.2) is 4.98 Å². The zero-order valence-corrected chi connectivity index (χ0v) is 21.4. The van der Waals surface area contributed by atoms with Crippen LogP contribution in [0.5, 0.6) is 17.2 Å². The number of amides is 1. The van der Waals surface area contributed by atoms with Gasteiger partial charge in [0.05, 0.1) is 31.8 Å². The number of carbonyl (C=O) groups excluding carboxylic acids is 1. The highest BCUT2D eigenvalue weighted by molar-refractivity contribution is 5.94. The molecule has 1 aromatic heterocycles. The van der Waals surface area contributed by atoms with Crippen molar-refractivity contribution in [2.75, 3.05) is 27.4 Å². The van der Waals surface area contributed by atoms with Crippen molar-refractivity contribution in [3.63, 3.8) is 0 Å². The zero-order chi connectivity index (χ0) is 26.0. The lowest BCUT2D eigenvalue weighted by molar-refractivity contribution is 0.0952. The Bertz CT molecular complexity index is 1360. The van der Waals surface area contributed by atoms with E-state index in [4.69, 9.17) is 19.2 Å². The molecule has 37 heavy (non-hydrogen) atoms. The molecule has 3 aromatic carbocycles. The van der Waals surface area contributed by atoms with Crippen LogP contribution in [0.3, 0.4) is 0 Å². The van der Waals surface area contributed by atoms with Crippen LogP contribution in [0.2, 0.25) is 0 Å². The molecule has 0 fully saturated rings. The van der Waals surface area contributed by atoms with E-state index >= 15 is 0 Å². The van der Waals surface area contributed by atoms with E-state index in [1.165, 1.54) is 0 Å². The molecule has 0 aliphatic carbocycles. The number of aryl methyl sites for hydroxylation is 1. The molecule has 0 atom stereocenters. The minimum Gasteiger partial charge on any atom is -0.493 e.